The Balaban J connectivity index is 1.86. The van der Waals surface area contributed by atoms with Crippen LogP contribution in [-0.2, 0) is 6.42 Å². The molecule has 2 heteroatoms. The van der Waals surface area contributed by atoms with E-state index in [0.717, 1.165) is 24.2 Å². The van der Waals surface area contributed by atoms with Gasteiger partial charge in [0.1, 0.15) is 0 Å². The van der Waals surface area contributed by atoms with Gasteiger partial charge in [0, 0.05) is 16.6 Å². The Labute approximate surface area is 122 Å². The van der Waals surface area contributed by atoms with E-state index in [-0.39, 0.29) is 5.54 Å². The zero-order valence-corrected chi connectivity index (χ0v) is 13.2. The fourth-order valence-electron chi connectivity index (χ4n) is 2.35. The van der Waals surface area contributed by atoms with Gasteiger partial charge in [0.15, 0.2) is 0 Å². The second kappa shape index (κ2) is 6.36. The molecule has 2 rings (SSSR count). The Morgan fingerprint density at radius 2 is 1.85 bits per heavy atom. The number of nitrogens with one attached hydrogen (secondary N) is 1. The molecule has 0 saturated heterocycles. The van der Waals surface area contributed by atoms with Crippen LogP contribution in [0.15, 0.2) is 30.3 Å². The van der Waals surface area contributed by atoms with Crippen molar-refractivity contribution < 1.29 is 0 Å². The number of fused-ring (bicyclic) bond motifs is 1. The van der Waals surface area contributed by atoms with Crippen LogP contribution in [0.1, 0.15) is 44.9 Å². The van der Waals surface area contributed by atoms with Gasteiger partial charge in [-0.1, -0.05) is 12.1 Å². The molecule has 1 aromatic heterocycles. The number of rotatable bonds is 5. The lowest BCUT2D eigenvalue weighted by atomic mass is 10.0. The number of pyridine rings is 1. The Morgan fingerprint density at radius 1 is 1.05 bits per heavy atom. The third-order valence-corrected chi connectivity index (χ3v) is 3.44. The van der Waals surface area contributed by atoms with Crippen LogP contribution >= 0.6 is 0 Å². The zero-order valence-electron chi connectivity index (χ0n) is 13.2. The molecule has 0 bridgehead atoms. The summed E-state index contributed by atoms with van der Waals surface area (Å²) < 4.78 is 0. The summed E-state index contributed by atoms with van der Waals surface area (Å²) in [5.74, 6) is 0. The quantitative estimate of drug-likeness (QED) is 0.821. The van der Waals surface area contributed by atoms with Gasteiger partial charge in [-0.05, 0) is 77.3 Å². The normalized spacial score (nSPS) is 12.0. The number of unbranched alkanes of at least 4 members (excludes halogenated alkanes) is 1. The molecule has 0 radical (unpaired) electrons. The molecule has 0 unspecified atom stereocenters. The van der Waals surface area contributed by atoms with Gasteiger partial charge in [0.25, 0.3) is 0 Å². The predicted octanol–water partition coefficient (Wildman–Crippen LogP) is 4.25. The lowest BCUT2D eigenvalue weighted by molar-refractivity contribution is 0.419. The molecule has 0 saturated carbocycles. The SMILES string of the molecule is Cc1ccc2cc(CCCCNC(C)(C)C)ccc2n1. The fourth-order valence-corrected chi connectivity index (χ4v) is 2.35. The van der Waals surface area contributed by atoms with E-state index >= 15 is 0 Å². The largest absolute Gasteiger partial charge is 0.312 e. The lowest BCUT2D eigenvalue weighted by Crippen LogP contribution is -2.36. The van der Waals surface area contributed by atoms with E-state index in [1.807, 2.05) is 6.92 Å². The van der Waals surface area contributed by atoms with Crippen molar-refractivity contribution in [3.05, 3.63) is 41.6 Å². The molecule has 20 heavy (non-hydrogen) atoms. The zero-order chi connectivity index (χ0) is 14.6. The van der Waals surface area contributed by atoms with Crippen molar-refractivity contribution in [3.63, 3.8) is 0 Å². The summed E-state index contributed by atoms with van der Waals surface area (Å²) >= 11 is 0. The van der Waals surface area contributed by atoms with Crippen LogP contribution in [0.4, 0.5) is 0 Å². The van der Waals surface area contributed by atoms with Crippen molar-refractivity contribution in [2.75, 3.05) is 6.54 Å². The maximum atomic E-state index is 4.54. The predicted molar refractivity (Wildman–Crippen MR) is 87.2 cm³/mol. The highest BCUT2D eigenvalue weighted by atomic mass is 14.9. The van der Waals surface area contributed by atoms with E-state index in [2.05, 4.69) is 61.4 Å². The van der Waals surface area contributed by atoms with Gasteiger partial charge in [-0.25, -0.2) is 0 Å². The highest BCUT2D eigenvalue weighted by Crippen LogP contribution is 2.16. The van der Waals surface area contributed by atoms with E-state index in [1.54, 1.807) is 0 Å². The van der Waals surface area contributed by atoms with Crippen molar-refractivity contribution in [2.45, 2.75) is 52.5 Å². The summed E-state index contributed by atoms with van der Waals surface area (Å²) in [6, 6.07) is 10.9. The van der Waals surface area contributed by atoms with Crippen molar-refractivity contribution in [3.8, 4) is 0 Å². The van der Waals surface area contributed by atoms with E-state index < -0.39 is 0 Å². The first kappa shape index (κ1) is 15.0. The molecular weight excluding hydrogens is 244 g/mol. The molecule has 0 aliphatic heterocycles. The number of aromatic nitrogens is 1. The van der Waals surface area contributed by atoms with Crippen LogP contribution in [0.25, 0.3) is 10.9 Å². The number of hydrogen-bond acceptors (Lipinski definition) is 2. The minimum atomic E-state index is 0.229. The molecule has 1 N–H and O–H groups in total. The van der Waals surface area contributed by atoms with Gasteiger partial charge in [-0.15, -0.1) is 0 Å². The standard InChI is InChI=1S/C18H26N2/c1-14-8-10-16-13-15(9-11-17(16)20-14)7-5-6-12-19-18(2,3)4/h8-11,13,19H,5-7,12H2,1-4H3. The lowest BCUT2D eigenvalue weighted by Gasteiger charge is -2.20. The van der Waals surface area contributed by atoms with Crippen LogP contribution in [0, 0.1) is 6.92 Å². The number of nitrogens with zero attached hydrogens (tertiary/aromatic N) is 1. The van der Waals surface area contributed by atoms with Gasteiger partial charge in [0.05, 0.1) is 5.52 Å². The van der Waals surface area contributed by atoms with Gasteiger partial charge >= 0.3 is 0 Å². The molecule has 0 amide bonds. The third kappa shape index (κ3) is 4.61. The van der Waals surface area contributed by atoms with Crippen LogP contribution in [0.5, 0.6) is 0 Å². The molecule has 1 aromatic carbocycles. The summed E-state index contributed by atoms with van der Waals surface area (Å²) in [6.07, 6.45) is 3.60. The van der Waals surface area contributed by atoms with Crippen LogP contribution in [-0.4, -0.2) is 17.1 Å². The molecule has 0 fully saturated rings. The van der Waals surface area contributed by atoms with Crippen molar-refractivity contribution in [1.29, 1.82) is 0 Å². The summed E-state index contributed by atoms with van der Waals surface area (Å²) in [7, 11) is 0. The average Bonchev–Trinajstić information content (AvgIpc) is 2.37. The van der Waals surface area contributed by atoms with Crippen LogP contribution < -0.4 is 5.32 Å². The van der Waals surface area contributed by atoms with Gasteiger partial charge in [0.2, 0.25) is 0 Å². The highest BCUT2D eigenvalue weighted by molar-refractivity contribution is 5.79. The summed E-state index contributed by atoms with van der Waals surface area (Å²) in [5, 5.41) is 4.78. The van der Waals surface area contributed by atoms with E-state index in [0.29, 0.717) is 0 Å². The Hall–Kier alpha value is -1.41. The molecule has 0 aliphatic carbocycles. The molecular formula is C18H26N2. The maximum Gasteiger partial charge on any atom is 0.0705 e. The first-order valence-corrected chi connectivity index (χ1v) is 7.55. The van der Waals surface area contributed by atoms with E-state index in [4.69, 9.17) is 0 Å². The molecule has 1 heterocycles. The van der Waals surface area contributed by atoms with E-state index in [1.165, 1.54) is 23.8 Å². The van der Waals surface area contributed by atoms with Crippen LogP contribution in [0.3, 0.4) is 0 Å². The highest BCUT2D eigenvalue weighted by Gasteiger charge is 2.07. The van der Waals surface area contributed by atoms with Crippen molar-refractivity contribution >= 4 is 10.9 Å². The number of hydrogen-bond donors (Lipinski definition) is 1. The summed E-state index contributed by atoms with van der Waals surface area (Å²) in [6.45, 7) is 9.77. The van der Waals surface area contributed by atoms with Gasteiger partial charge < -0.3 is 5.32 Å². The number of benzene rings is 1. The second-order valence-corrected chi connectivity index (χ2v) is 6.61. The third-order valence-electron chi connectivity index (χ3n) is 3.44. The summed E-state index contributed by atoms with van der Waals surface area (Å²) in [4.78, 5) is 4.54. The first-order valence-electron chi connectivity index (χ1n) is 7.55. The van der Waals surface area contributed by atoms with Crippen molar-refractivity contribution in [2.24, 2.45) is 0 Å². The minimum Gasteiger partial charge on any atom is -0.312 e. The second-order valence-electron chi connectivity index (χ2n) is 6.61. The smallest absolute Gasteiger partial charge is 0.0705 e. The van der Waals surface area contributed by atoms with Crippen molar-refractivity contribution in [1.82, 2.24) is 10.3 Å². The molecule has 2 aromatic rings. The van der Waals surface area contributed by atoms with Crippen LogP contribution in [0.2, 0.25) is 0 Å². The topological polar surface area (TPSA) is 24.9 Å². The minimum absolute atomic E-state index is 0.229. The molecule has 0 spiro atoms. The average molecular weight is 270 g/mol. The molecule has 2 nitrogen and oxygen atoms in total. The maximum absolute atomic E-state index is 4.54. The molecule has 0 atom stereocenters. The first-order chi connectivity index (χ1) is 9.44. The molecule has 0 aliphatic rings. The van der Waals surface area contributed by atoms with E-state index in [9.17, 15) is 0 Å². The van der Waals surface area contributed by atoms with Gasteiger partial charge in [-0.2, -0.15) is 0 Å². The Morgan fingerprint density at radius 3 is 2.60 bits per heavy atom. The fraction of sp³-hybridized carbons (Fsp3) is 0.500. The number of aryl methyl sites for hydroxylation is 2. The summed E-state index contributed by atoms with van der Waals surface area (Å²) in [5.41, 5.74) is 3.83. The Bertz CT molecular complexity index is 567. The monoisotopic (exact) mass is 270 g/mol. The molecule has 108 valence electrons. The van der Waals surface area contributed by atoms with Gasteiger partial charge in [-0.3, -0.25) is 4.98 Å². The Kier molecular flexibility index (Phi) is 4.77.